The molecule has 0 unspecified atom stereocenters. The van der Waals surface area contributed by atoms with E-state index in [0.717, 1.165) is 25.9 Å². The van der Waals surface area contributed by atoms with Crippen molar-refractivity contribution in [1.29, 1.82) is 0 Å². The van der Waals surface area contributed by atoms with Crippen molar-refractivity contribution in [2.45, 2.75) is 24.1 Å². The van der Waals surface area contributed by atoms with Gasteiger partial charge in [-0.25, -0.2) is 4.79 Å². The third-order valence-electron chi connectivity index (χ3n) is 3.42. The van der Waals surface area contributed by atoms with Crippen molar-refractivity contribution in [2.75, 3.05) is 18.8 Å². The maximum absolute atomic E-state index is 12.0. The van der Waals surface area contributed by atoms with Gasteiger partial charge in [-0.15, -0.1) is 11.8 Å². The molecule has 114 valence electrons. The summed E-state index contributed by atoms with van der Waals surface area (Å²) < 4.78 is 0. The van der Waals surface area contributed by atoms with E-state index >= 15 is 0 Å². The lowest BCUT2D eigenvalue weighted by molar-refractivity contribution is -0.141. The monoisotopic (exact) mass is 308 g/mol. The molecule has 5 nitrogen and oxygen atoms in total. The standard InChI is InChI=1S/C15H20N2O3S/c18-13(10-21-12-6-8-16-9-7-12)17-14(15(19)20)11-4-2-1-3-5-11/h1-5,12,14,16H,6-10H2,(H,17,18)(H,19,20)/t14-/m1/s1. The van der Waals surface area contributed by atoms with Crippen LogP contribution in [-0.2, 0) is 9.59 Å². The lowest BCUT2D eigenvalue weighted by Gasteiger charge is -2.22. The zero-order chi connectivity index (χ0) is 15.1. The summed E-state index contributed by atoms with van der Waals surface area (Å²) in [4.78, 5) is 23.3. The predicted molar refractivity (Wildman–Crippen MR) is 83.3 cm³/mol. The molecule has 0 aliphatic carbocycles. The van der Waals surface area contributed by atoms with Crippen molar-refractivity contribution in [1.82, 2.24) is 10.6 Å². The number of carboxylic acids is 1. The van der Waals surface area contributed by atoms with Gasteiger partial charge in [0, 0.05) is 5.25 Å². The van der Waals surface area contributed by atoms with Crippen LogP contribution in [-0.4, -0.2) is 41.1 Å². The smallest absolute Gasteiger partial charge is 0.330 e. The zero-order valence-corrected chi connectivity index (χ0v) is 12.6. The van der Waals surface area contributed by atoms with E-state index in [1.165, 1.54) is 0 Å². The first-order valence-electron chi connectivity index (χ1n) is 7.06. The largest absolute Gasteiger partial charge is 0.479 e. The molecule has 1 fully saturated rings. The van der Waals surface area contributed by atoms with Gasteiger partial charge < -0.3 is 15.7 Å². The Kier molecular flexibility index (Phi) is 6.07. The second-order valence-electron chi connectivity index (χ2n) is 5.01. The molecule has 0 bridgehead atoms. The molecule has 1 aromatic carbocycles. The Bertz CT molecular complexity index is 475. The van der Waals surface area contributed by atoms with Gasteiger partial charge in [-0.2, -0.15) is 0 Å². The Balaban J connectivity index is 1.85. The number of thioether (sulfide) groups is 1. The summed E-state index contributed by atoms with van der Waals surface area (Å²) >= 11 is 1.61. The van der Waals surface area contributed by atoms with Gasteiger partial charge in [0.15, 0.2) is 6.04 Å². The van der Waals surface area contributed by atoms with Gasteiger partial charge >= 0.3 is 5.97 Å². The molecule has 0 aromatic heterocycles. The molecule has 1 heterocycles. The van der Waals surface area contributed by atoms with E-state index in [1.807, 2.05) is 6.07 Å². The fourth-order valence-electron chi connectivity index (χ4n) is 2.29. The molecule has 1 aromatic rings. The molecule has 21 heavy (non-hydrogen) atoms. The maximum atomic E-state index is 12.0. The number of hydrogen-bond acceptors (Lipinski definition) is 4. The number of rotatable bonds is 6. The summed E-state index contributed by atoms with van der Waals surface area (Å²) in [6.45, 7) is 1.97. The summed E-state index contributed by atoms with van der Waals surface area (Å²) in [5.41, 5.74) is 0.588. The maximum Gasteiger partial charge on any atom is 0.330 e. The second-order valence-corrected chi connectivity index (χ2v) is 6.30. The van der Waals surface area contributed by atoms with Crippen molar-refractivity contribution in [3.05, 3.63) is 35.9 Å². The fourth-order valence-corrected chi connectivity index (χ4v) is 3.33. The lowest BCUT2D eigenvalue weighted by Crippen LogP contribution is -2.36. The van der Waals surface area contributed by atoms with E-state index in [-0.39, 0.29) is 5.91 Å². The van der Waals surface area contributed by atoms with Crippen LogP contribution < -0.4 is 10.6 Å². The van der Waals surface area contributed by atoms with Crippen LogP contribution in [0.4, 0.5) is 0 Å². The van der Waals surface area contributed by atoms with Crippen LogP contribution in [0.5, 0.6) is 0 Å². The van der Waals surface area contributed by atoms with Crippen LogP contribution in [0.15, 0.2) is 30.3 Å². The Morgan fingerprint density at radius 3 is 2.57 bits per heavy atom. The average Bonchev–Trinajstić information content (AvgIpc) is 2.52. The Labute approximate surface area is 128 Å². The van der Waals surface area contributed by atoms with Crippen LogP contribution in [0.25, 0.3) is 0 Å². The topological polar surface area (TPSA) is 78.4 Å². The van der Waals surface area contributed by atoms with Gasteiger partial charge in [0.05, 0.1) is 5.75 Å². The number of carbonyl (C=O) groups excluding carboxylic acids is 1. The van der Waals surface area contributed by atoms with E-state index in [1.54, 1.807) is 36.0 Å². The predicted octanol–water partition coefficient (Wildman–Crippen LogP) is 1.41. The molecule has 0 saturated carbocycles. The van der Waals surface area contributed by atoms with Crippen molar-refractivity contribution in [3.8, 4) is 0 Å². The SMILES string of the molecule is O=C(CSC1CCNCC1)N[C@@H](C(=O)O)c1ccccc1. The van der Waals surface area contributed by atoms with Crippen LogP contribution >= 0.6 is 11.8 Å². The number of carbonyl (C=O) groups is 2. The molecular formula is C15H20N2O3S. The molecule has 1 saturated heterocycles. The Morgan fingerprint density at radius 1 is 1.29 bits per heavy atom. The van der Waals surface area contributed by atoms with Crippen LogP contribution in [0.1, 0.15) is 24.4 Å². The van der Waals surface area contributed by atoms with Gasteiger partial charge in [0.25, 0.3) is 0 Å². The molecule has 1 aliphatic rings. The van der Waals surface area contributed by atoms with Crippen LogP contribution in [0.2, 0.25) is 0 Å². The normalized spacial score (nSPS) is 17.1. The van der Waals surface area contributed by atoms with Gasteiger partial charge in [-0.1, -0.05) is 30.3 Å². The third-order valence-corrected chi connectivity index (χ3v) is 4.79. The van der Waals surface area contributed by atoms with Gasteiger partial charge in [-0.3, -0.25) is 4.79 Å². The highest BCUT2D eigenvalue weighted by Gasteiger charge is 2.22. The van der Waals surface area contributed by atoms with Crippen molar-refractivity contribution in [3.63, 3.8) is 0 Å². The number of piperidine rings is 1. The van der Waals surface area contributed by atoms with Gasteiger partial charge in [-0.05, 0) is 31.5 Å². The molecular weight excluding hydrogens is 288 g/mol. The Morgan fingerprint density at radius 2 is 1.95 bits per heavy atom. The number of benzene rings is 1. The van der Waals surface area contributed by atoms with E-state index in [2.05, 4.69) is 10.6 Å². The molecule has 0 spiro atoms. The van der Waals surface area contributed by atoms with Gasteiger partial charge in [0.2, 0.25) is 5.91 Å². The highest BCUT2D eigenvalue weighted by atomic mass is 32.2. The van der Waals surface area contributed by atoms with Gasteiger partial charge in [0.1, 0.15) is 0 Å². The number of carboxylic acid groups (broad SMARTS) is 1. The highest BCUT2D eigenvalue weighted by molar-refractivity contribution is 8.00. The molecule has 3 N–H and O–H groups in total. The minimum atomic E-state index is -1.04. The van der Waals surface area contributed by atoms with Crippen LogP contribution in [0.3, 0.4) is 0 Å². The Hall–Kier alpha value is -1.53. The van der Waals surface area contributed by atoms with E-state index < -0.39 is 12.0 Å². The zero-order valence-electron chi connectivity index (χ0n) is 11.7. The van der Waals surface area contributed by atoms with Crippen LogP contribution in [0, 0.1) is 0 Å². The van der Waals surface area contributed by atoms with Crippen molar-refractivity contribution < 1.29 is 14.7 Å². The molecule has 0 radical (unpaired) electrons. The minimum absolute atomic E-state index is 0.227. The van der Waals surface area contributed by atoms with Crippen molar-refractivity contribution >= 4 is 23.6 Å². The summed E-state index contributed by atoms with van der Waals surface area (Å²) in [6.07, 6.45) is 2.11. The van der Waals surface area contributed by atoms with E-state index in [0.29, 0.717) is 16.6 Å². The molecule has 1 amide bonds. The summed E-state index contributed by atoms with van der Waals surface area (Å²) in [5.74, 6) is -0.961. The van der Waals surface area contributed by atoms with E-state index in [4.69, 9.17) is 0 Å². The molecule has 6 heteroatoms. The minimum Gasteiger partial charge on any atom is -0.479 e. The fraction of sp³-hybridized carbons (Fsp3) is 0.467. The number of nitrogens with one attached hydrogen (secondary N) is 2. The molecule has 1 aliphatic heterocycles. The summed E-state index contributed by atoms with van der Waals surface area (Å²) in [7, 11) is 0. The van der Waals surface area contributed by atoms with Crippen molar-refractivity contribution in [2.24, 2.45) is 0 Å². The first kappa shape index (κ1) is 15.9. The molecule has 2 rings (SSSR count). The first-order chi connectivity index (χ1) is 10.2. The number of amides is 1. The summed E-state index contributed by atoms with van der Waals surface area (Å²) in [6, 6.07) is 7.78. The number of aliphatic carboxylic acids is 1. The average molecular weight is 308 g/mol. The summed E-state index contributed by atoms with van der Waals surface area (Å²) in [5, 5.41) is 15.6. The lowest BCUT2D eigenvalue weighted by atomic mass is 10.1. The number of hydrogen-bond donors (Lipinski definition) is 3. The quantitative estimate of drug-likeness (QED) is 0.741. The molecule has 1 atom stereocenters. The third kappa shape index (κ3) is 5.06. The first-order valence-corrected chi connectivity index (χ1v) is 8.11. The second kappa shape index (κ2) is 8.05. The van der Waals surface area contributed by atoms with E-state index in [9.17, 15) is 14.7 Å². The highest BCUT2D eigenvalue weighted by Crippen LogP contribution is 2.20.